The summed E-state index contributed by atoms with van der Waals surface area (Å²) in [7, 11) is 0. The fourth-order valence-electron chi connectivity index (χ4n) is 3.48. The number of aromatic amines is 1. The summed E-state index contributed by atoms with van der Waals surface area (Å²) in [4.78, 5) is 26.3. The van der Waals surface area contributed by atoms with Crippen molar-refractivity contribution in [2.75, 3.05) is 31.1 Å². The number of amides is 1. The molecule has 1 aliphatic rings. The van der Waals surface area contributed by atoms with E-state index in [4.69, 9.17) is 0 Å². The Morgan fingerprint density at radius 3 is 2.54 bits per heavy atom. The fraction of sp³-hybridized carbons (Fsp3) is 0.316. The number of piperazine rings is 1. The molecule has 4 rings (SSSR count). The third-order valence-corrected chi connectivity index (χ3v) is 4.90. The molecule has 1 aliphatic heterocycles. The summed E-state index contributed by atoms with van der Waals surface area (Å²) >= 11 is 0. The summed E-state index contributed by atoms with van der Waals surface area (Å²) in [6, 6.07) is 7.74. The van der Waals surface area contributed by atoms with Crippen molar-refractivity contribution in [3.05, 3.63) is 54.1 Å². The van der Waals surface area contributed by atoms with Gasteiger partial charge in [-0.3, -0.25) is 4.79 Å². The maximum Gasteiger partial charge on any atom is 0.437 e. The molecular formula is C19H18F3N5O. The molecule has 0 radical (unpaired) electrons. The number of alkyl halides is 3. The third-order valence-electron chi connectivity index (χ3n) is 4.90. The topological polar surface area (TPSA) is 65.1 Å². The van der Waals surface area contributed by atoms with Crippen LogP contribution in [0.2, 0.25) is 0 Å². The molecule has 28 heavy (non-hydrogen) atoms. The Labute approximate surface area is 159 Å². The number of halogens is 3. The first-order valence-corrected chi connectivity index (χ1v) is 8.89. The van der Waals surface area contributed by atoms with Crippen molar-refractivity contribution >= 4 is 22.6 Å². The molecule has 0 spiro atoms. The van der Waals surface area contributed by atoms with Crippen molar-refractivity contribution < 1.29 is 18.0 Å². The average Bonchev–Trinajstić information content (AvgIpc) is 3.10. The predicted octanol–water partition coefficient (Wildman–Crippen LogP) is 2.87. The normalized spacial score (nSPS) is 15.2. The van der Waals surface area contributed by atoms with E-state index in [1.807, 2.05) is 30.5 Å². The number of anilines is 1. The minimum absolute atomic E-state index is 0.0420. The maximum atomic E-state index is 13.2. The van der Waals surface area contributed by atoms with Gasteiger partial charge < -0.3 is 14.8 Å². The summed E-state index contributed by atoms with van der Waals surface area (Å²) in [5.74, 6) is -0.224. The van der Waals surface area contributed by atoms with Crippen LogP contribution in [0.3, 0.4) is 0 Å². The van der Waals surface area contributed by atoms with Gasteiger partial charge in [0.15, 0.2) is 11.5 Å². The number of nitrogens with one attached hydrogen (secondary N) is 1. The molecule has 1 fully saturated rings. The number of hydrogen-bond acceptors (Lipinski definition) is 4. The summed E-state index contributed by atoms with van der Waals surface area (Å²) in [5, 5.41) is 1.00. The van der Waals surface area contributed by atoms with E-state index in [0.29, 0.717) is 13.1 Å². The van der Waals surface area contributed by atoms with Crippen LogP contribution in [0, 0.1) is 0 Å². The van der Waals surface area contributed by atoms with Gasteiger partial charge in [-0.05, 0) is 11.6 Å². The highest BCUT2D eigenvalue weighted by molar-refractivity contribution is 5.89. The molecule has 3 aromatic rings. The van der Waals surface area contributed by atoms with Gasteiger partial charge in [0.2, 0.25) is 5.91 Å². The quantitative estimate of drug-likeness (QED) is 0.748. The molecule has 1 N–H and O–H groups in total. The molecule has 2 aromatic heterocycles. The van der Waals surface area contributed by atoms with Gasteiger partial charge in [0.05, 0.1) is 6.42 Å². The molecule has 1 saturated heterocycles. The second-order valence-corrected chi connectivity index (χ2v) is 6.63. The van der Waals surface area contributed by atoms with Crippen molar-refractivity contribution in [2.24, 2.45) is 0 Å². The van der Waals surface area contributed by atoms with Crippen LogP contribution in [0.1, 0.15) is 11.3 Å². The maximum absolute atomic E-state index is 13.2. The van der Waals surface area contributed by atoms with E-state index in [1.54, 1.807) is 4.90 Å². The van der Waals surface area contributed by atoms with Gasteiger partial charge in [-0.1, -0.05) is 18.2 Å². The van der Waals surface area contributed by atoms with Crippen LogP contribution >= 0.6 is 0 Å². The lowest BCUT2D eigenvalue weighted by molar-refractivity contribution is -0.141. The zero-order valence-corrected chi connectivity index (χ0v) is 14.9. The first-order valence-electron chi connectivity index (χ1n) is 8.89. The SMILES string of the molecule is O=C(Cc1c[nH]c2ccccc12)N1CCN(c2nccnc2C(F)(F)F)CC1. The highest BCUT2D eigenvalue weighted by Crippen LogP contribution is 2.33. The molecule has 3 heterocycles. The number of benzene rings is 1. The van der Waals surface area contributed by atoms with Gasteiger partial charge in [0.1, 0.15) is 0 Å². The zero-order chi connectivity index (χ0) is 19.7. The Morgan fingerprint density at radius 1 is 1.07 bits per heavy atom. The van der Waals surface area contributed by atoms with Crippen molar-refractivity contribution in [1.29, 1.82) is 0 Å². The summed E-state index contributed by atoms with van der Waals surface area (Å²) in [5.41, 5.74) is 0.891. The van der Waals surface area contributed by atoms with Crippen LogP contribution in [0.5, 0.6) is 0 Å². The van der Waals surface area contributed by atoms with Gasteiger partial charge in [-0.2, -0.15) is 13.2 Å². The number of H-pyrrole nitrogens is 1. The number of carbonyl (C=O) groups is 1. The highest BCUT2D eigenvalue weighted by atomic mass is 19.4. The molecule has 9 heteroatoms. The molecule has 6 nitrogen and oxygen atoms in total. The highest BCUT2D eigenvalue weighted by Gasteiger charge is 2.38. The van der Waals surface area contributed by atoms with Crippen LogP contribution in [-0.4, -0.2) is 51.9 Å². The van der Waals surface area contributed by atoms with E-state index in [0.717, 1.165) is 22.7 Å². The lowest BCUT2D eigenvalue weighted by Crippen LogP contribution is -2.50. The van der Waals surface area contributed by atoms with Crippen LogP contribution in [0.15, 0.2) is 42.9 Å². The number of hydrogen-bond donors (Lipinski definition) is 1. The van der Waals surface area contributed by atoms with Crippen LogP contribution < -0.4 is 4.90 Å². The number of fused-ring (bicyclic) bond motifs is 1. The van der Waals surface area contributed by atoms with Gasteiger partial charge in [0.25, 0.3) is 0 Å². The molecule has 0 atom stereocenters. The van der Waals surface area contributed by atoms with Gasteiger partial charge >= 0.3 is 6.18 Å². The first kappa shape index (κ1) is 18.3. The first-order chi connectivity index (χ1) is 13.4. The van der Waals surface area contributed by atoms with Crippen molar-refractivity contribution in [1.82, 2.24) is 19.9 Å². The van der Waals surface area contributed by atoms with Crippen molar-refractivity contribution in [3.8, 4) is 0 Å². The van der Waals surface area contributed by atoms with E-state index in [-0.39, 0.29) is 31.2 Å². The average molecular weight is 389 g/mol. The van der Waals surface area contributed by atoms with Gasteiger partial charge in [0, 0.05) is 55.7 Å². The van der Waals surface area contributed by atoms with Gasteiger partial charge in [-0.15, -0.1) is 0 Å². The molecule has 0 bridgehead atoms. The Morgan fingerprint density at radius 2 is 1.79 bits per heavy atom. The zero-order valence-electron chi connectivity index (χ0n) is 14.9. The predicted molar refractivity (Wildman–Crippen MR) is 97.8 cm³/mol. The summed E-state index contributed by atoms with van der Waals surface area (Å²) < 4.78 is 39.5. The number of carbonyl (C=O) groups excluding carboxylic acids is 1. The second kappa shape index (κ2) is 7.14. The van der Waals surface area contributed by atoms with E-state index < -0.39 is 11.9 Å². The lowest BCUT2D eigenvalue weighted by Gasteiger charge is -2.36. The van der Waals surface area contributed by atoms with Gasteiger partial charge in [-0.25, -0.2) is 9.97 Å². The number of nitrogens with zero attached hydrogens (tertiary/aromatic N) is 4. The van der Waals surface area contributed by atoms with Crippen molar-refractivity contribution in [2.45, 2.75) is 12.6 Å². The van der Waals surface area contributed by atoms with Crippen molar-refractivity contribution in [3.63, 3.8) is 0 Å². The monoisotopic (exact) mass is 389 g/mol. The number of aromatic nitrogens is 3. The third kappa shape index (κ3) is 3.51. The molecule has 1 amide bonds. The van der Waals surface area contributed by atoms with E-state index in [9.17, 15) is 18.0 Å². The van der Waals surface area contributed by atoms with E-state index in [2.05, 4.69) is 15.0 Å². The molecule has 1 aromatic carbocycles. The Kier molecular flexibility index (Phi) is 4.66. The molecule has 0 aliphatic carbocycles. The number of rotatable bonds is 3. The Balaban J connectivity index is 1.43. The van der Waals surface area contributed by atoms with Crippen LogP contribution in [0.25, 0.3) is 10.9 Å². The minimum Gasteiger partial charge on any atom is -0.361 e. The van der Waals surface area contributed by atoms with Crippen LogP contribution in [-0.2, 0) is 17.4 Å². The Hall–Kier alpha value is -3.10. The second-order valence-electron chi connectivity index (χ2n) is 6.63. The molecule has 0 unspecified atom stereocenters. The Bertz CT molecular complexity index is 992. The smallest absolute Gasteiger partial charge is 0.361 e. The fourth-order valence-corrected chi connectivity index (χ4v) is 3.48. The minimum atomic E-state index is -4.56. The lowest BCUT2D eigenvalue weighted by atomic mass is 10.1. The summed E-state index contributed by atoms with van der Waals surface area (Å²) in [6.45, 7) is 1.24. The molecule has 146 valence electrons. The molecular weight excluding hydrogens is 371 g/mol. The van der Waals surface area contributed by atoms with Crippen LogP contribution in [0.4, 0.5) is 19.0 Å². The molecule has 0 saturated carbocycles. The van der Waals surface area contributed by atoms with E-state index >= 15 is 0 Å². The number of para-hydroxylation sites is 1. The largest absolute Gasteiger partial charge is 0.437 e. The summed E-state index contributed by atoms with van der Waals surface area (Å²) in [6.07, 6.45) is -0.199. The van der Waals surface area contributed by atoms with E-state index in [1.165, 1.54) is 11.1 Å². The standard InChI is InChI=1S/C19H18F3N5O/c20-19(21,22)17-18(24-6-5-23-17)27-9-7-26(8-10-27)16(28)11-13-12-25-15-4-2-1-3-14(13)15/h1-6,12,25H,7-11H2.